The normalized spacial score (nSPS) is 23.2. The molecule has 1 aliphatic carbocycles. The highest BCUT2D eigenvalue weighted by atomic mass is 32.2. The second-order valence-corrected chi connectivity index (χ2v) is 12.0. The van der Waals surface area contributed by atoms with E-state index in [1.807, 2.05) is 10.8 Å². The molecule has 5 N–H and O–H groups in total. The molecule has 3 rings (SSSR count). The number of hydrogen-bond acceptors (Lipinski definition) is 11. The van der Waals surface area contributed by atoms with Crippen LogP contribution in [0.3, 0.4) is 0 Å². The first-order chi connectivity index (χ1) is 14.8. The highest BCUT2D eigenvalue weighted by Gasteiger charge is 2.41. The fourth-order valence-electron chi connectivity index (χ4n) is 3.38. The van der Waals surface area contributed by atoms with Crippen molar-refractivity contribution in [2.45, 2.75) is 30.5 Å². The average molecular weight is 533 g/mol. The Balaban J connectivity index is 1.64. The van der Waals surface area contributed by atoms with Crippen molar-refractivity contribution in [1.29, 1.82) is 0 Å². The maximum Gasteiger partial charge on any atom is 0.490 e. The molecular weight excluding hydrogens is 511 g/mol. The minimum absolute atomic E-state index is 0.0242. The molecule has 19 heteroatoms. The maximum absolute atomic E-state index is 11.9. The van der Waals surface area contributed by atoms with E-state index in [1.54, 1.807) is 13.4 Å². The van der Waals surface area contributed by atoms with Crippen molar-refractivity contribution in [1.82, 2.24) is 19.5 Å². The van der Waals surface area contributed by atoms with Crippen LogP contribution in [0.25, 0.3) is 11.2 Å². The van der Waals surface area contributed by atoms with Crippen LogP contribution in [0.4, 0.5) is 5.82 Å². The molecular formula is C13H22N5O10P3S. The van der Waals surface area contributed by atoms with Crippen LogP contribution in [0.2, 0.25) is 0 Å². The molecule has 2 aromatic rings. The lowest BCUT2D eigenvalue weighted by Crippen LogP contribution is -2.09. The number of phosphoric ester groups is 1. The van der Waals surface area contributed by atoms with Gasteiger partial charge in [0.25, 0.3) is 0 Å². The second-order valence-electron chi connectivity index (χ2n) is 6.85. The fourth-order valence-corrected chi connectivity index (χ4v) is 6.84. The summed E-state index contributed by atoms with van der Waals surface area (Å²) < 4.78 is 48.1. The first-order valence-corrected chi connectivity index (χ1v) is 14.8. The minimum atomic E-state index is -5.53. The molecule has 0 spiro atoms. The van der Waals surface area contributed by atoms with Crippen molar-refractivity contribution < 1.29 is 46.4 Å². The summed E-state index contributed by atoms with van der Waals surface area (Å²) >= 11 is 1.39. The number of hydrogen-bond donors (Lipinski definition) is 5. The van der Waals surface area contributed by atoms with Gasteiger partial charge in [-0.2, -0.15) is 8.62 Å². The highest BCUT2D eigenvalue weighted by Crippen LogP contribution is 2.66. The van der Waals surface area contributed by atoms with Gasteiger partial charge >= 0.3 is 23.5 Å². The molecule has 1 fully saturated rings. The Morgan fingerprint density at radius 1 is 1.16 bits per heavy atom. The van der Waals surface area contributed by atoms with E-state index < -0.39 is 23.5 Å². The fraction of sp³-hybridized carbons (Fsp3) is 0.615. The summed E-state index contributed by atoms with van der Waals surface area (Å²) in [7, 11) is -14.3. The van der Waals surface area contributed by atoms with Crippen LogP contribution >= 0.6 is 35.2 Å². The molecule has 0 aliphatic heterocycles. The minimum Gasteiger partial charge on any atom is -0.371 e. The predicted octanol–water partition coefficient (Wildman–Crippen LogP) is 2.27. The van der Waals surface area contributed by atoms with Gasteiger partial charge in [-0.3, -0.25) is 4.52 Å². The molecule has 0 amide bonds. The predicted molar refractivity (Wildman–Crippen MR) is 113 cm³/mol. The van der Waals surface area contributed by atoms with Crippen molar-refractivity contribution in [3.63, 3.8) is 0 Å². The van der Waals surface area contributed by atoms with Gasteiger partial charge < -0.3 is 29.5 Å². The zero-order chi connectivity index (χ0) is 23.7. The van der Waals surface area contributed by atoms with Crippen LogP contribution in [-0.2, 0) is 26.8 Å². The molecule has 0 radical (unpaired) electrons. The number of aromatic nitrogens is 4. The Hall–Kier alpha value is -0.890. The monoisotopic (exact) mass is 533 g/mol. The van der Waals surface area contributed by atoms with Crippen LogP contribution in [0.1, 0.15) is 25.3 Å². The number of anilines is 1. The molecule has 2 aromatic heterocycles. The van der Waals surface area contributed by atoms with Crippen molar-refractivity contribution in [3.8, 4) is 0 Å². The highest BCUT2D eigenvalue weighted by molar-refractivity contribution is 7.98. The SMILES string of the molecule is CNc1nc(SC)nc2c1ncn2[C@H]1CC[C@@H](COP(=O)(O)OP(=O)(O)OP(=O)(O)O)C1. The summed E-state index contributed by atoms with van der Waals surface area (Å²) in [5.41, 5.74) is 1.26. The average Bonchev–Trinajstić information content (AvgIpc) is 3.29. The molecule has 0 saturated heterocycles. The second kappa shape index (κ2) is 9.77. The number of imidazole rings is 1. The van der Waals surface area contributed by atoms with Crippen molar-refractivity contribution in [3.05, 3.63) is 6.33 Å². The smallest absolute Gasteiger partial charge is 0.371 e. The quantitative estimate of drug-likeness (QED) is 0.168. The number of phosphoric acid groups is 3. The van der Waals surface area contributed by atoms with Gasteiger partial charge in [-0.05, 0) is 31.4 Å². The van der Waals surface area contributed by atoms with Gasteiger partial charge in [-0.25, -0.2) is 28.6 Å². The van der Waals surface area contributed by atoms with Gasteiger partial charge in [-0.1, -0.05) is 11.8 Å². The summed E-state index contributed by atoms with van der Waals surface area (Å²) in [5, 5.41) is 3.57. The molecule has 1 aliphatic rings. The van der Waals surface area contributed by atoms with Crippen molar-refractivity contribution in [2.75, 3.05) is 25.2 Å². The van der Waals surface area contributed by atoms with Crippen molar-refractivity contribution in [2.24, 2.45) is 5.92 Å². The molecule has 1 saturated carbocycles. The lowest BCUT2D eigenvalue weighted by atomic mass is 10.1. The van der Waals surface area contributed by atoms with Crippen LogP contribution in [-0.4, -0.2) is 59.0 Å². The van der Waals surface area contributed by atoms with E-state index in [-0.39, 0.29) is 18.6 Å². The number of nitrogens with zero attached hydrogens (tertiary/aromatic N) is 4. The van der Waals surface area contributed by atoms with E-state index in [2.05, 4.69) is 28.9 Å². The standard InChI is InChI=1S/C13H22N5O10P3S/c1-14-11-10-12(17-13(16-11)32-2)18(7-15-10)9-4-3-8(5-9)6-26-30(22,23)28-31(24,25)27-29(19,20)21/h7-9H,3-6H2,1-2H3,(H,22,23)(H,24,25)(H,14,16,17)(H2,19,20,21)/t8-,9+/m1/s1. The van der Waals surface area contributed by atoms with Crippen molar-refractivity contribution >= 4 is 52.2 Å². The first-order valence-electron chi connectivity index (χ1n) is 9.07. The van der Waals surface area contributed by atoms with Gasteiger partial charge in [0.05, 0.1) is 12.9 Å². The van der Waals surface area contributed by atoms with Crippen LogP contribution in [0.5, 0.6) is 0 Å². The molecule has 2 unspecified atom stereocenters. The Morgan fingerprint density at radius 2 is 1.88 bits per heavy atom. The van der Waals surface area contributed by atoms with Crippen LogP contribution in [0, 0.1) is 5.92 Å². The Morgan fingerprint density at radius 3 is 2.50 bits per heavy atom. The third kappa shape index (κ3) is 6.58. The van der Waals surface area contributed by atoms with Gasteiger partial charge in [0.2, 0.25) is 0 Å². The van der Waals surface area contributed by atoms with Gasteiger partial charge in [0.1, 0.15) is 0 Å². The topological polar surface area (TPSA) is 215 Å². The molecule has 15 nitrogen and oxygen atoms in total. The molecule has 0 bridgehead atoms. The third-order valence-corrected chi connectivity index (χ3v) is 8.97. The summed E-state index contributed by atoms with van der Waals surface area (Å²) in [6, 6.07) is -0.0242. The first kappa shape index (κ1) is 25.7. The zero-order valence-corrected chi connectivity index (χ0v) is 20.3. The van der Waals surface area contributed by atoms with E-state index in [0.29, 0.717) is 41.4 Å². The van der Waals surface area contributed by atoms with E-state index in [4.69, 9.17) is 14.3 Å². The lowest BCUT2D eigenvalue weighted by Gasteiger charge is -2.18. The van der Waals surface area contributed by atoms with E-state index in [1.165, 1.54) is 11.8 Å². The molecule has 0 aromatic carbocycles. The summed E-state index contributed by atoms with van der Waals surface area (Å²) in [4.78, 5) is 49.2. The Kier molecular flexibility index (Phi) is 7.85. The third-order valence-electron chi connectivity index (χ3n) is 4.62. The zero-order valence-electron chi connectivity index (χ0n) is 16.8. The number of fused-ring (bicyclic) bond motifs is 1. The Labute approximate surface area is 186 Å². The number of thioether (sulfide) groups is 1. The molecule has 4 atom stereocenters. The van der Waals surface area contributed by atoms with Gasteiger partial charge in [0.15, 0.2) is 22.1 Å². The largest absolute Gasteiger partial charge is 0.490 e. The maximum atomic E-state index is 11.9. The van der Waals surface area contributed by atoms with Gasteiger partial charge in [0, 0.05) is 13.1 Å². The number of nitrogens with one attached hydrogen (secondary N) is 1. The molecule has 2 heterocycles. The van der Waals surface area contributed by atoms with E-state index in [0.717, 1.165) is 0 Å². The van der Waals surface area contributed by atoms with E-state index >= 15 is 0 Å². The van der Waals surface area contributed by atoms with Gasteiger partial charge in [-0.15, -0.1) is 0 Å². The lowest BCUT2D eigenvalue weighted by molar-refractivity contribution is 0.153. The molecule has 180 valence electrons. The summed E-state index contributed by atoms with van der Waals surface area (Å²) in [6.45, 7) is -0.292. The Bertz CT molecular complexity index is 1130. The summed E-state index contributed by atoms with van der Waals surface area (Å²) in [6.07, 6.45) is 5.35. The molecule has 32 heavy (non-hydrogen) atoms. The summed E-state index contributed by atoms with van der Waals surface area (Å²) in [5.74, 6) is 0.397. The number of rotatable bonds is 10. The van der Waals surface area contributed by atoms with E-state index in [9.17, 15) is 23.5 Å². The van der Waals surface area contributed by atoms with Crippen LogP contribution in [0.15, 0.2) is 11.5 Å². The van der Waals surface area contributed by atoms with Crippen LogP contribution < -0.4 is 5.32 Å².